The number of hydrogen-bond acceptors (Lipinski definition) is 5. The summed E-state index contributed by atoms with van der Waals surface area (Å²) in [5, 5.41) is 13.2. The number of carboxylic acid groups (broad SMARTS) is 1. The third kappa shape index (κ3) is 2.30. The Bertz CT molecular complexity index is 358. The van der Waals surface area contributed by atoms with Crippen molar-refractivity contribution in [1.29, 1.82) is 0 Å². The van der Waals surface area contributed by atoms with E-state index in [-0.39, 0.29) is 11.5 Å². The van der Waals surface area contributed by atoms with Gasteiger partial charge in [0, 0.05) is 20.2 Å². The SMILES string of the molecule is CN(C)NC(=O)c1cc(C(=O)O)on1. The van der Waals surface area contributed by atoms with Crippen LogP contribution in [0.1, 0.15) is 21.0 Å². The first-order valence-electron chi connectivity index (χ1n) is 3.69. The van der Waals surface area contributed by atoms with Gasteiger partial charge in [-0.1, -0.05) is 5.16 Å². The third-order valence-corrected chi connectivity index (χ3v) is 1.28. The minimum absolute atomic E-state index is 0.0731. The second-order valence-electron chi connectivity index (χ2n) is 2.72. The highest BCUT2D eigenvalue weighted by atomic mass is 16.5. The van der Waals surface area contributed by atoms with Crippen LogP contribution in [-0.4, -0.2) is 41.2 Å². The van der Waals surface area contributed by atoms with Gasteiger partial charge in [0.15, 0.2) is 5.69 Å². The lowest BCUT2D eigenvalue weighted by Gasteiger charge is -2.08. The Morgan fingerprint density at radius 1 is 1.57 bits per heavy atom. The average Bonchev–Trinajstić information content (AvgIpc) is 2.50. The van der Waals surface area contributed by atoms with Crippen molar-refractivity contribution in [3.8, 4) is 0 Å². The Labute approximate surface area is 79.3 Å². The van der Waals surface area contributed by atoms with E-state index in [0.717, 1.165) is 6.07 Å². The van der Waals surface area contributed by atoms with Crippen LogP contribution >= 0.6 is 0 Å². The van der Waals surface area contributed by atoms with E-state index in [0.29, 0.717) is 0 Å². The van der Waals surface area contributed by atoms with Crippen LogP contribution < -0.4 is 5.43 Å². The maximum absolute atomic E-state index is 11.2. The summed E-state index contributed by atoms with van der Waals surface area (Å²) < 4.78 is 4.40. The first-order chi connectivity index (χ1) is 6.50. The second kappa shape index (κ2) is 3.88. The number of rotatable bonds is 3. The number of carboxylic acids is 1. The molecule has 7 heteroatoms. The minimum Gasteiger partial charge on any atom is -0.475 e. The molecule has 1 aromatic heterocycles. The molecule has 1 aromatic rings. The standard InChI is InChI=1S/C7H9N3O4/c1-10(2)8-6(11)4-3-5(7(12)13)14-9-4/h3H,1-2H3,(H,8,11)(H,12,13). The molecule has 0 aliphatic rings. The fraction of sp³-hybridized carbons (Fsp3) is 0.286. The third-order valence-electron chi connectivity index (χ3n) is 1.28. The highest BCUT2D eigenvalue weighted by molar-refractivity contribution is 5.94. The van der Waals surface area contributed by atoms with Gasteiger partial charge in [0.05, 0.1) is 0 Å². The molecule has 1 amide bonds. The van der Waals surface area contributed by atoms with Gasteiger partial charge >= 0.3 is 5.97 Å². The normalized spacial score (nSPS) is 10.2. The summed E-state index contributed by atoms with van der Waals surface area (Å²) in [7, 11) is 3.24. The molecule has 1 heterocycles. The highest BCUT2D eigenvalue weighted by Gasteiger charge is 2.16. The number of nitrogens with one attached hydrogen (secondary N) is 1. The maximum Gasteiger partial charge on any atom is 0.374 e. The van der Waals surface area contributed by atoms with E-state index in [1.165, 1.54) is 5.01 Å². The summed E-state index contributed by atoms with van der Waals surface area (Å²) in [6.07, 6.45) is 0. The van der Waals surface area contributed by atoms with Crippen molar-refractivity contribution < 1.29 is 19.2 Å². The van der Waals surface area contributed by atoms with Gasteiger partial charge in [-0.2, -0.15) is 0 Å². The van der Waals surface area contributed by atoms with Gasteiger partial charge in [0.2, 0.25) is 5.76 Å². The van der Waals surface area contributed by atoms with Crippen LogP contribution in [0.2, 0.25) is 0 Å². The van der Waals surface area contributed by atoms with E-state index < -0.39 is 11.9 Å². The van der Waals surface area contributed by atoms with Crippen LogP contribution in [0.5, 0.6) is 0 Å². The Kier molecular flexibility index (Phi) is 2.82. The first-order valence-corrected chi connectivity index (χ1v) is 3.69. The van der Waals surface area contributed by atoms with Gasteiger partial charge in [-0.3, -0.25) is 10.2 Å². The summed E-state index contributed by atoms with van der Waals surface area (Å²) in [5.41, 5.74) is 2.32. The zero-order chi connectivity index (χ0) is 10.7. The van der Waals surface area contributed by atoms with Crippen molar-refractivity contribution in [2.45, 2.75) is 0 Å². The monoisotopic (exact) mass is 199 g/mol. The second-order valence-corrected chi connectivity index (χ2v) is 2.72. The van der Waals surface area contributed by atoms with E-state index in [1.807, 2.05) is 0 Å². The molecule has 0 bridgehead atoms. The maximum atomic E-state index is 11.2. The Balaban J connectivity index is 2.76. The molecule has 0 fully saturated rings. The zero-order valence-electron chi connectivity index (χ0n) is 7.64. The molecule has 0 radical (unpaired) electrons. The number of carbonyl (C=O) groups excluding carboxylic acids is 1. The summed E-state index contributed by atoms with van der Waals surface area (Å²) in [5.74, 6) is -2.15. The van der Waals surface area contributed by atoms with Gasteiger partial charge in [0.1, 0.15) is 0 Å². The van der Waals surface area contributed by atoms with Gasteiger partial charge in [0.25, 0.3) is 5.91 Å². The topological polar surface area (TPSA) is 95.7 Å². The van der Waals surface area contributed by atoms with Crippen molar-refractivity contribution >= 4 is 11.9 Å². The molecule has 76 valence electrons. The van der Waals surface area contributed by atoms with E-state index in [9.17, 15) is 9.59 Å². The predicted molar refractivity (Wildman–Crippen MR) is 44.6 cm³/mol. The molecule has 0 spiro atoms. The Morgan fingerprint density at radius 2 is 2.21 bits per heavy atom. The molecular weight excluding hydrogens is 190 g/mol. The Hall–Kier alpha value is -1.89. The van der Waals surface area contributed by atoms with E-state index in [4.69, 9.17) is 5.11 Å². The lowest BCUT2D eigenvalue weighted by atomic mass is 10.3. The number of aromatic nitrogens is 1. The number of aromatic carboxylic acids is 1. The molecular formula is C7H9N3O4. The van der Waals surface area contributed by atoms with Crippen LogP contribution in [-0.2, 0) is 0 Å². The molecule has 2 N–H and O–H groups in total. The molecule has 0 aliphatic carbocycles. The molecule has 0 aromatic carbocycles. The summed E-state index contributed by atoms with van der Waals surface area (Å²) in [6.45, 7) is 0. The fourth-order valence-electron chi connectivity index (χ4n) is 0.743. The zero-order valence-corrected chi connectivity index (χ0v) is 7.64. The molecule has 14 heavy (non-hydrogen) atoms. The number of hydrazine groups is 1. The largest absolute Gasteiger partial charge is 0.475 e. The van der Waals surface area contributed by atoms with Gasteiger partial charge in [-0.25, -0.2) is 9.80 Å². The van der Waals surface area contributed by atoms with Gasteiger partial charge < -0.3 is 9.63 Å². The predicted octanol–water partition coefficient (Wildman–Crippen LogP) is -0.421. The van der Waals surface area contributed by atoms with Crippen molar-refractivity contribution in [3.63, 3.8) is 0 Å². The van der Waals surface area contributed by atoms with Crippen LogP contribution in [0, 0.1) is 0 Å². The van der Waals surface area contributed by atoms with Gasteiger partial charge in [-0.05, 0) is 0 Å². The van der Waals surface area contributed by atoms with E-state index in [2.05, 4.69) is 15.1 Å². The van der Waals surface area contributed by atoms with Crippen LogP contribution in [0.3, 0.4) is 0 Å². The summed E-state index contributed by atoms with van der Waals surface area (Å²) in [6, 6.07) is 1.06. The molecule has 0 unspecified atom stereocenters. The fourth-order valence-corrected chi connectivity index (χ4v) is 0.743. The molecule has 0 saturated heterocycles. The molecule has 1 rings (SSSR count). The molecule has 0 saturated carbocycles. The highest BCUT2D eigenvalue weighted by Crippen LogP contribution is 2.02. The van der Waals surface area contributed by atoms with E-state index in [1.54, 1.807) is 14.1 Å². The first kappa shape index (κ1) is 10.2. The van der Waals surface area contributed by atoms with Crippen molar-refractivity contribution in [1.82, 2.24) is 15.6 Å². The van der Waals surface area contributed by atoms with Crippen LogP contribution in [0.4, 0.5) is 0 Å². The van der Waals surface area contributed by atoms with Crippen molar-refractivity contribution in [2.24, 2.45) is 0 Å². The smallest absolute Gasteiger partial charge is 0.374 e. The van der Waals surface area contributed by atoms with Crippen LogP contribution in [0.15, 0.2) is 10.6 Å². The van der Waals surface area contributed by atoms with E-state index >= 15 is 0 Å². The number of amides is 1. The average molecular weight is 199 g/mol. The van der Waals surface area contributed by atoms with Crippen molar-refractivity contribution in [3.05, 3.63) is 17.5 Å². The lowest BCUT2D eigenvalue weighted by Crippen LogP contribution is -2.36. The summed E-state index contributed by atoms with van der Waals surface area (Å²) in [4.78, 5) is 21.6. The minimum atomic E-state index is -1.26. The summed E-state index contributed by atoms with van der Waals surface area (Å²) >= 11 is 0. The number of carbonyl (C=O) groups is 2. The van der Waals surface area contributed by atoms with Crippen LogP contribution in [0.25, 0.3) is 0 Å². The van der Waals surface area contributed by atoms with Crippen molar-refractivity contribution in [2.75, 3.05) is 14.1 Å². The quantitative estimate of drug-likeness (QED) is 0.642. The Morgan fingerprint density at radius 3 is 2.64 bits per heavy atom. The number of hydrogen-bond donors (Lipinski definition) is 2. The molecule has 0 atom stereocenters. The molecule has 0 aliphatic heterocycles. The number of nitrogens with zero attached hydrogens (tertiary/aromatic N) is 2. The van der Waals surface area contributed by atoms with Gasteiger partial charge in [-0.15, -0.1) is 0 Å². The lowest BCUT2D eigenvalue weighted by molar-refractivity contribution is 0.0650. The molecule has 7 nitrogen and oxygen atoms in total.